The number of hydrogen-bond donors (Lipinski definition) is 0. The van der Waals surface area contributed by atoms with Crippen molar-refractivity contribution in [2.24, 2.45) is 0 Å². The van der Waals surface area contributed by atoms with Gasteiger partial charge in [0.2, 0.25) is 16.8 Å². The van der Waals surface area contributed by atoms with Crippen LogP contribution in [0.5, 0.6) is 17.2 Å². The number of hydrogen-bond acceptors (Lipinski definition) is 7. The van der Waals surface area contributed by atoms with E-state index in [1.165, 1.54) is 22.5 Å². The molecule has 2 aromatic carbocycles. The molecule has 0 atom stereocenters. The van der Waals surface area contributed by atoms with Crippen LogP contribution >= 0.6 is 0 Å². The minimum Gasteiger partial charge on any atom is -0.454 e. The molecular formula is C20H19NO7S. The van der Waals surface area contributed by atoms with Gasteiger partial charge in [-0.25, -0.2) is 13.2 Å². The third kappa shape index (κ3) is 4.42. The average Bonchev–Trinajstić information content (AvgIpc) is 3.21. The van der Waals surface area contributed by atoms with Gasteiger partial charge in [0, 0.05) is 25.2 Å². The Labute approximate surface area is 168 Å². The predicted octanol–water partition coefficient (Wildman–Crippen LogP) is 2.05. The van der Waals surface area contributed by atoms with E-state index in [0.29, 0.717) is 49.1 Å². The fourth-order valence-electron chi connectivity index (χ4n) is 2.94. The number of sulfonamides is 1. The standard InChI is InChI=1S/C20H19NO7S/c22-20(28-16-4-7-18-19(13-16)27-14-26-18)8-3-15-1-5-17(6-2-15)29(23,24)21-9-11-25-12-10-21/h1-8,13H,9-12,14H2. The summed E-state index contributed by atoms with van der Waals surface area (Å²) < 4.78 is 47.5. The molecule has 0 bridgehead atoms. The maximum absolute atomic E-state index is 12.6. The van der Waals surface area contributed by atoms with Crippen molar-refractivity contribution < 1.29 is 32.2 Å². The Morgan fingerprint density at radius 2 is 1.72 bits per heavy atom. The molecule has 0 aromatic heterocycles. The zero-order chi connectivity index (χ0) is 20.3. The highest BCUT2D eigenvalue weighted by Crippen LogP contribution is 2.35. The quantitative estimate of drug-likeness (QED) is 0.418. The molecule has 29 heavy (non-hydrogen) atoms. The maximum Gasteiger partial charge on any atom is 0.336 e. The highest BCUT2D eigenvalue weighted by molar-refractivity contribution is 7.89. The Morgan fingerprint density at radius 1 is 1.00 bits per heavy atom. The highest BCUT2D eigenvalue weighted by atomic mass is 32.2. The summed E-state index contributed by atoms with van der Waals surface area (Å²) in [7, 11) is -3.54. The van der Waals surface area contributed by atoms with Crippen molar-refractivity contribution in [1.82, 2.24) is 4.31 Å². The van der Waals surface area contributed by atoms with Crippen molar-refractivity contribution in [2.75, 3.05) is 33.1 Å². The van der Waals surface area contributed by atoms with Gasteiger partial charge in [0.15, 0.2) is 11.5 Å². The van der Waals surface area contributed by atoms with Crippen LogP contribution in [0.2, 0.25) is 0 Å². The summed E-state index contributed by atoms with van der Waals surface area (Å²) in [6.07, 6.45) is 2.83. The molecule has 2 heterocycles. The molecule has 0 radical (unpaired) electrons. The van der Waals surface area contributed by atoms with Gasteiger partial charge in [0.05, 0.1) is 18.1 Å². The molecule has 0 saturated carbocycles. The summed E-state index contributed by atoms with van der Waals surface area (Å²) in [6, 6.07) is 11.2. The minimum absolute atomic E-state index is 0.143. The van der Waals surface area contributed by atoms with E-state index in [2.05, 4.69) is 0 Å². The van der Waals surface area contributed by atoms with Crippen molar-refractivity contribution in [1.29, 1.82) is 0 Å². The van der Waals surface area contributed by atoms with Crippen LogP contribution < -0.4 is 14.2 Å². The second-order valence-electron chi connectivity index (χ2n) is 6.35. The molecule has 1 fully saturated rings. The van der Waals surface area contributed by atoms with E-state index in [1.807, 2.05) is 0 Å². The molecule has 4 rings (SSSR count). The topological polar surface area (TPSA) is 91.4 Å². The summed E-state index contributed by atoms with van der Waals surface area (Å²) in [4.78, 5) is 12.2. The molecule has 1 saturated heterocycles. The molecule has 8 nitrogen and oxygen atoms in total. The molecule has 2 aromatic rings. The Morgan fingerprint density at radius 3 is 2.48 bits per heavy atom. The average molecular weight is 417 g/mol. The summed E-state index contributed by atoms with van der Waals surface area (Å²) in [6.45, 7) is 1.62. The molecule has 152 valence electrons. The van der Waals surface area contributed by atoms with Crippen molar-refractivity contribution >= 4 is 22.1 Å². The van der Waals surface area contributed by atoms with Crippen LogP contribution in [-0.4, -0.2) is 51.8 Å². The summed E-state index contributed by atoms with van der Waals surface area (Å²) in [5, 5.41) is 0. The number of benzene rings is 2. The molecule has 0 N–H and O–H groups in total. The lowest BCUT2D eigenvalue weighted by molar-refractivity contribution is -0.128. The van der Waals surface area contributed by atoms with Crippen molar-refractivity contribution in [3.63, 3.8) is 0 Å². The van der Waals surface area contributed by atoms with Crippen LogP contribution in [0, 0.1) is 0 Å². The number of morpholine rings is 1. The fourth-order valence-corrected chi connectivity index (χ4v) is 4.35. The van der Waals surface area contributed by atoms with E-state index < -0.39 is 16.0 Å². The molecule has 0 unspecified atom stereocenters. The first-order chi connectivity index (χ1) is 14.0. The van der Waals surface area contributed by atoms with Crippen LogP contribution in [0.25, 0.3) is 6.08 Å². The zero-order valence-corrected chi connectivity index (χ0v) is 16.3. The van der Waals surface area contributed by atoms with E-state index >= 15 is 0 Å². The van der Waals surface area contributed by atoms with Gasteiger partial charge >= 0.3 is 5.97 Å². The van der Waals surface area contributed by atoms with Gasteiger partial charge in [0.1, 0.15) is 5.75 Å². The third-order valence-electron chi connectivity index (χ3n) is 4.46. The lowest BCUT2D eigenvalue weighted by Gasteiger charge is -2.26. The number of carbonyl (C=O) groups excluding carboxylic acids is 1. The van der Waals surface area contributed by atoms with Crippen molar-refractivity contribution in [3.8, 4) is 17.2 Å². The maximum atomic E-state index is 12.6. The normalized spacial score (nSPS) is 16.8. The SMILES string of the molecule is O=C(C=Cc1ccc(S(=O)(=O)N2CCOCC2)cc1)Oc1ccc2c(c1)OCO2. The Hall–Kier alpha value is -2.88. The molecule has 9 heteroatoms. The number of rotatable bonds is 5. The highest BCUT2D eigenvalue weighted by Gasteiger charge is 2.26. The second kappa shape index (κ2) is 8.24. The van der Waals surface area contributed by atoms with Crippen LogP contribution in [0.15, 0.2) is 53.4 Å². The minimum atomic E-state index is -3.54. The number of carbonyl (C=O) groups is 1. The lowest BCUT2D eigenvalue weighted by atomic mass is 10.2. The largest absolute Gasteiger partial charge is 0.454 e. The van der Waals surface area contributed by atoms with E-state index in [0.717, 1.165) is 0 Å². The number of nitrogens with zero attached hydrogens (tertiary/aromatic N) is 1. The zero-order valence-electron chi connectivity index (χ0n) is 15.4. The molecule has 2 aliphatic heterocycles. The van der Waals surface area contributed by atoms with Crippen molar-refractivity contribution in [2.45, 2.75) is 4.90 Å². The van der Waals surface area contributed by atoms with E-state index in [-0.39, 0.29) is 11.7 Å². The van der Waals surface area contributed by atoms with Gasteiger partial charge < -0.3 is 18.9 Å². The first kappa shape index (κ1) is 19.4. The molecular weight excluding hydrogens is 398 g/mol. The van der Waals surface area contributed by atoms with Gasteiger partial charge in [0.25, 0.3) is 0 Å². The smallest absolute Gasteiger partial charge is 0.336 e. The predicted molar refractivity (Wildman–Crippen MR) is 103 cm³/mol. The van der Waals surface area contributed by atoms with Crippen LogP contribution in [0.1, 0.15) is 5.56 Å². The molecule has 0 aliphatic carbocycles. The Bertz CT molecular complexity index is 1030. The number of esters is 1. The van der Waals surface area contributed by atoms with Crippen LogP contribution in [0.3, 0.4) is 0 Å². The van der Waals surface area contributed by atoms with Gasteiger partial charge in [-0.05, 0) is 35.9 Å². The summed E-state index contributed by atoms with van der Waals surface area (Å²) in [5.41, 5.74) is 0.675. The first-order valence-corrected chi connectivity index (χ1v) is 10.4. The number of fused-ring (bicyclic) bond motifs is 1. The fraction of sp³-hybridized carbons (Fsp3) is 0.250. The number of ether oxygens (including phenoxy) is 4. The van der Waals surface area contributed by atoms with Crippen LogP contribution in [0.4, 0.5) is 0 Å². The Balaban J connectivity index is 1.39. The van der Waals surface area contributed by atoms with Gasteiger partial charge in [-0.2, -0.15) is 4.31 Å². The summed E-state index contributed by atoms with van der Waals surface area (Å²) in [5.74, 6) is 0.911. The van der Waals surface area contributed by atoms with Crippen molar-refractivity contribution in [3.05, 3.63) is 54.1 Å². The van der Waals surface area contributed by atoms with Crippen LogP contribution in [-0.2, 0) is 19.6 Å². The molecule has 2 aliphatic rings. The van der Waals surface area contributed by atoms with Gasteiger partial charge in [-0.15, -0.1) is 0 Å². The van der Waals surface area contributed by atoms with Gasteiger partial charge in [-0.1, -0.05) is 12.1 Å². The monoisotopic (exact) mass is 417 g/mol. The molecule has 0 spiro atoms. The summed E-state index contributed by atoms with van der Waals surface area (Å²) >= 11 is 0. The van der Waals surface area contributed by atoms with Gasteiger partial charge in [-0.3, -0.25) is 0 Å². The van der Waals surface area contributed by atoms with E-state index in [9.17, 15) is 13.2 Å². The third-order valence-corrected chi connectivity index (χ3v) is 6.38. The second-order valence-corrected chi connectivity index (χ2v) is 8.29. The van der Waals surface area contributed by atoms with E-state index in [4.69, 9.17) is 18.9 Å². The lowest BCUT2D eigenvalue weighted by Crippen LogP contribution is -2.40. The first-order valence-electron chi connectivity index (χ1n) is 9.00. The Kier molecular flexibility index (Phi) is 5.52. The van der Waals surface area contributed by atoms with E-state index in [1.54, 1.807) is 36.4 Å². The molecule has 0 amide bonds.